The molecule has 4 nitrogen and oxygen atoms in total. The molecule has 2 aromatic rings. The van der Waals surface area contributed by atoms with Gasteiger partial charge in [0, 0.05) is 29.3 Å². The molecule has 0 aliphatic carbocycles. The zero-order valence-corrected chi connectivity index (χ0v) is 10.0. The highest BCUT2D eigenvalue weighted by Crippen LogP contribution is 2.37. The fraction of sp³-hybridized carbons (Fsp3) is 0.143. The van der Waals surface area contributed by atoms with E-state index in [2.05, 4.69) is 16.8 Å². The average Bonchev–Trinajstić information content (AvgIpc) is 3.00. The average molecular weight is 258 g/mol. The Labute approximate surface area is 108 Å². The van der Waals surface area contributed by atoms with E-state index < -0.39 is 12.1 Å². The number of cyclic esters (lactones) is 1. The molecule has 0 spiro atoms. The van der Waals surface area contributed by atoms with Crippen LogP contribution in [0.25, 0.3) is 11.1 Å². The zero-order valence-electron chi connectivity index (χ0n) is 10.0. The third kappa shape index (κ3) is 2.03. The Hall–Kier alpha value is -2.43. The van der Waals surface area contributed by atoms with E-state index in [9.17, 15) is 9.18 Å². The molecule has 0 bridgehead atoms. The molecule has 1 aromatic heterocycles. The number of hydrogen-bond donors (Lipinski definition) is 1. The van der Waals surface area contributed by atoms with Gasteiger partial charge in [-0.3, -0.25) is 5.10 Å². The van der Waals surface area contributed by atoms with E-state index in [-0.39, 0.29) is 5.82 Å². The van der Waals surface area contributed by atoms with E-state index in [1.807, 2.05) is 0 Å². The van der Waals surface area contributed by atoms with Crippen molar-refractivity contribution in [1.82, 2.24) is 10.2 Å². The van der Waals surface area contributed by atoms with Crippen molar-refractivity contribution in [3.8, 4) is 11.1 Å². The van der Waals surface area contributed by atoms with E-state index in [1.54, 1.807) is 18.5 Å². The van der Waals surface area contributed by atoms with E-state index in [0.29, 0.717) is 17.6 Å². The maximum absolute atomic E-state index is 13.5. The first kappa shape index (κ1) is 11.6. The highest BCUT2D eigenvalue weighted by atomic mass is 19.1. The summed E-state index contributed by atoms with van der Waals surface area (Å²) >= 11 is 0. The number of carbonyl (C=O) groups is 1. The number of halogens is 1. The molecule has 0 radical (unpaired) electrons. The summed E-state index contributed by atoms with van der Waals surface area (Å²) in [4.78, 5) is 11.4. The van der Waals surface area contributed by atoms with Crippen molar-refractivity contribution in [2.75, 3.05) is 0 Å². The van der Waals surface area contributed by atoms with Gasteiger partial charge >= 0.3 is 5.97 Å². The second kappa shape index (κ2) is 4.35. The molecule has 1 N–H and O–H groups in total. The van der Waals surface area contributed by atoms with Crippen LogP contribution in [0.1, 0.15) is 18.1 Å². The normalized spacial score (nSPS) is 18.7. The summed E-state index contributed by atoms with van der Waals surface area (Å²) in [6, 6.07) is 4.42. The molecule has 96 valence electrons. The Morgan fingerprint density at radius 3 is 2.95 bits per heavy atom. The van der Waals surface area contributed by atoms with E-state index in [0.717, 1.165) is 11.1 Å². The topological polar surface area (TPSA) is 55.0 Å². The molecule has 1 aliphatic rings. The lowest BCUT2D eigenvalue weighted by atomic mass is 9.96. The number of rotatable bonds is 2. The first-order chi connectivity index (χ1) is 9.15. The maximum atomic E-state index is 13.5. The molecule has 1 saturated heterocycles. The Morgan fingerprint density at radius 1 is 1.47 bits per heavy atom. The Morgan fingerprint density at radius 2 is 2.32 bits per heavy atom. The van der Waals surface area contributed by atoms with Gasteiger partial charge in [0.2, 0.25) is 0 Å². The second-order valence-corrected chi connectivity index (χ2v) is 4.42. The minimum absolute atomic E-state index is 0.365. The van der Waals surface area contributed by atoms with E-state index in [1.165, 1.54) is 12.1 Å². The van der Waals surface area contributed by atoms with Gasteiger partial charge < -0.3 is 4.74 Å². The van der Waals surface area contributed by atoms with Crippen LogP contribution in [0.4, 0.5) is 4.39 Å². The van der Waals surface area contributed by atoms with Gasteiger partial charge in [0.1, 0.15) is 11.9 Å². The number of nitrogens with one attached hydrogen (secondary N) is 1. The summed E-state index contributed by atoms with van der Waals surface area (Å²) in [7, 11) is 0. The van der Waals surface area contributed by atoms with Crippen LogP contribution in [0.3, 0.4) is 0 Å². The molecule has 0 amide bonds. The molecule has 0 unspecified atom stereocenters. The smallest absolute Gasteiger partial charge is 0.334 e. The van der Waals surface area contributed by atoms with Crippen LogP contribution in [-0.2, 0) is 9.53 Å². The monoisotopic (exact) mass is 258 g/mol. The molecule has 2 heterocycles. The van der Waals surface area contributed by atoms with Crippen LogP contribution in [-0.4, -0.2) is 16.2 Å². The van der Waals surface area contributed by atoms with Crippen molar-refractivity contribution in [2.24, 2.45) is 0 Å². The van der Waals surface area contributed by atoms with Gasteiger partial charge in [-0.05, 0) is 17.7 Å². The van der Waals surface area contributed by atoms with Crippen LogP contribution in [0, 0.1) is 5.82 Å². The zero-order chi connectivity index (χ0) is 13.4. The number of nitrogens with zero attached hydrogens (tertiary/aromatic N) is 1. The number of hydrogen-bond acceptors (Lipinski definition) is 3. The van der Waals surface area contributed by atoms with Gasteiger partial charge in [0.05, 0.1) is 6.20 Å². The van der Waals surface area contributed by atoms with Crippen LogP contribution in [0.15, 0.2) is 42.7 Å². The number of carbonyl (C=O) groups excluding carboxylic acids is 1. The van der Waals surface area contributed by atoms with Gasteiger partial charge in [-0.1, -0.05) is 12.6 Å². The van der Waals surface area contributed by atoms with Crippen LogP contribution in [0.5, 0.6) is 0 Å². The molecule has 1 fully saturated rings. The second-order valence-electron chi connectivity index (χ2n) is 4.42. The molecule has 1 aromatic carbocycles. The lowest BCUT2D eigenvalue weighted by Gasteiger charge is -2.13. The van der Waals surface area contributed by atoms with Crippen molar-refractivity contribution in [1.29, 1.82) is 0 Å². The summed E-state index contributed by atoms with van der Waals surface area (Å²) in [6.45, 7) is 3.64. The number of aromatic nitrogens is 2. The summed E-state index contributed by atoms with van der Waals surface area (Å²) in [5.41, 5.74) is 2.66. The first-order valence-corrected chi connectivity index (χ1v) is 5.82. The molecule has 19 heavy (non-hydrogen) atoms. The molecular formula is C14H11FN2O2. The van der Waals surface area contributed by atoms with Crippen molar-refractivity contribution >= 4 is 5.97 Å². The number of aromatic amines is 1. The lowest BCUT2D eigenvalue weighted by Crippen LogP contribution is -2.01. The van der Waals surface area contributed by atoms with Crippen molar-refractivity contribution in [3.05, 3.63) is 54.1 Å². The van der Waals surface area contributed by atoms with Crippen LogP contribution < -0.4 is 0 Å². The summed E-state index contributed by atoms with van der Waals surface area (Å²) in [5, 5.41) is 6.58. The number of benzene rings is 1. The lowest BCUT2D eigenvalue weighted by molar-refractivity contribution is -0.139. The molecule has 1 atom stereocenters. The molecular weight excluding hydrogens is 247 g/mol. The summed E-state index contributed by atoms with van der Waals surface area (Å²) in [5.74, 6) is -0.789. The van der Waals surface area contributed by atoms with Crippen molar-refractivity contribution in [3.63, 3.8) is 0 Å². The van der Waals surface area contributed by atoms with Crippen molar-refractivity contribution < 1.29 is 13.9 Å². The molecule has 3 rings (SSSR count). The summed E-state index contributed by atoms with van der Waals surface area (Å²) in [6.07, 6.45) is 3.25. The minimum atomic E-state index is -0.486. The third-order valence-electron chi connectivity index (χ3n) is 3.14. The number of ether oxygens (including phenoxy) is 1. The van der Waals surface area contributed by atoms with Gasteiger partial charge in [-0.15, -0.1) is 0 Å². The maximum Gasteiger partial charge on any atom is 0.334 e. The van der Waals surface area contributed by atoms with E-state index >= 15 is 0 Å². The van der Waals surface area contributed by atoms with Crippen molar-refractivity contribution in [2.45, 2.75) is 12.5 Å². The predicted octanol–water partition coefficient (Wildman–Crippen LogP) is 2.76. The van der Waals surface area contributed by atoms with Crippen LogP contribution in [0.2, 0.25) is 0 Å². The van der Waals surface area contributed by atoms with E-state index in [4.69, 9.17) is 4.74 Å². The molecule has 1 aliphatic heterocycles. The standard InChI is InChI=1S/C14H11FN2O2/c1-8-4-13(19-14(8)18)12-5-10(15)2-3-11(12)9-6-16-17-7-9/h2-3,5-7,13H,1,4H2,(H,16,17)/t13-/m1/s1. The Balaban J connectivity index is 2.07. The largest absolute Gasteiger partial charge is 0.454 e. The number of esters is 1. The minimum Gasteiger partial charge on any atom is -0.454 e. The van der Waals surface area contributed by atoms with Gasteiger partial charge in [0.25, 0.3) is 0 Å². The Bertz CT molecular complexity index is 633. The predicted molar refractivity (Wildman–Crippen MR) is 66.6 cm³/mol. The molecule has 5 heteroatoms. The highest BCUT2D eigenvalue weighted by molar-refractivity contribution is 5.90. The van der Waals surface area contributed by atoms with Gasteiger partial charge in [0.15, 0.2) is 0 Å². The first-order valence-electron chi connectivity index (χ1n) is 5.82. The highest BCUT2D eigenvalue weighted by Gasteiger charge is 2.30. The SMILES string of the molecule is C=C1C[C@H](c2cc(F)ccc2-c2cn[nH]c2)OC1=O. The van der Waals surface area contributed by atoms with Gasteiger partial charge in [-0.2, -0.15) is 5.10 Å². The fourth-order valence-electron chi connectivity index (χ4n) is 2.20. The quantitative estimate of drug-likeness (QED) is 0.665. The fourth-order valence-corrected chi connectivity index (χ4v) is 2.20. The summed E-state index contributed by atoms with van der Waals surface area (Å²) < 4.78 is 18.7. The van der Waals surface area contributed by atoms with Gasteiger partial charge in [-0.25, -0.2) is 9.18 Å². The Kier molecular flexibility index (Phi) is 2.67. The number of H-pyrrole nitrogens is 1. The van der Waals surface area contributed by atoms with Crippen LogP contribution >= 0.6 is 0 Å². The third-order valence-corrected chi connectivity index (χ3v) is 3.14. The molecule has 0 saturated carbocycles.